The fourth-order valence-corrected chi connectivity index (χ4v) is 1.52. The Morgan fingerprint density at radius 3 is 2.22 bits per heavy atom. The second-order valence-corrected chi connectivity index (χ2v) is 5.42. The monoisotopic (exact) mass is 249 g/mol. The van der Waals surface area contributed by atoms with Gasteiger partial charge in [-0.25, -0.2) is 0 Å². The van der Waals surface area contributed by atoms with Crippen molar-refractivity contribution in [1.29, 1.82) is 0 Å². The molecule has 1 unspecified atom stereocenters. The maximum atomic E-state index is 11.7. The van der Waals surface area contributed by atoms with Crippen LogP contribution >= 0.6 is 0 Å². The number of amides is 1. The smallest absolute Gasteiger partial charge is 0.307 e. The van der Waals surface area contributed by atoms with Crippen LogP contribution in [0, 0.1) is 5.41 Å². The van der Waals surface area contributed by atoms with E-state index in [1.54, 1.807) is 24.3 Å². The summed E-state index contributed by atoms with van der Waals surface area (Å²) in [5.41, 5.74) is 5.67. The molecule has 4 nitrogen and oxygen atoms in total. The van der Waals surface area contributed by atoms with E-state index in [1.165, 1.54) is 0 Å². The zero-order valence-electron chi connectivity index (χ0n) is 11.0. The lowest BCUT2D eigenvalue weighted by molar-refractivity contribution is -0.157. The number of ether oxygens (including phenoxy) is 1. The van der Waals surface area contributed by atoms with E-state index in [-0.39, 0.29) is 11.8 Å². The van der Waals surface area contributed by atoms with Gasteiger partial charge in [0.05, 0.1) is 6.42 Å². The zero-order chi connectivity index (χ0) is 13.8. The lowest BCUT2D eigenvalue weighted by Gasteiger charge is -2.20. The van der Waals surface area contributed by atoms with Gasteiger partial charge in [0, 0.05) is 5.56 Å². The molecule has 0 aliphatic rings. The zero-order valence-corrected chi connectivity index (χ0v) is 11.0. The van der Waals surface area contributed by atoms with Gasteiger partial charge in [-0.1, -0.05) is 51.1 Å². The summed E-state index contributed by atoms with van der Waals surface area (Å²) in [5, 5.41) is 0. The van der Waals surface area contributed by atoms with Crippen molar-refractivity contribution in [2.45, 2.75) is 33.3 Å². The molecule has 0 radical (unpaired) electrons. The van der Waals surface area contributed by atoms with Crippen LogP contribution in [0.4, 0.5) is 0 Å². The van der Waals surface area contributed by atoms with Crippen LogP contribution in [0.1, 0.15) is 38.9 Å². The van der Waals surface area contributed by atoms with E-state index in [1.807, 2.05) is 26.8 Å². The number of esters is 1. The van der Waals surface area contributed by atoms with Crippen LogP contribution in [0.3, 0.4) is 0 Å². The van der Waals surface area contributed by atoms with Gasteiger partial charge in [0.25, 0.3) is 5.91 Å². The second-order valence-electron chi connectivity index (χ2n) is 5.42. The van der Waals surface area contributed by atoms with E-state index < -0.39 is 18.0 Å². The van der Waals surface area contributed by atoms with E-state index in [2.05, 4.69) is 0 Å². The summed E-state index contributed by atoms with van der Waals surface area (Å²) >= 11 is 0. The normalized spacial score (nSPS) is 12.8. The first-order chi connectivity index (χ1) is 8.29. The van der Waals surface area contributed by atoms with Crippen molar-refractivity contribution in [3.05, 3.63) is 35.9 Å². The molecule has 0 saturated heterocycles. The molecule has 1 amide bonds. The molecule has 0 heterocycles. The topological polar surface area (TPSA) is 69.4 Å². The van der Waals surface area contributed by atoms with Crippen LogP contribution in [0.25, 0.3) is 0 Å². The minimum atomic E-state index is -1.01. The summed E-state index contributed by atoms with van der Waals surface area (Å²) < 4.78 is 5.16. The summed E-state index contributed by atoms with van der Waals surface area (Å²) in [6.45, 7) is 5.78. The van der Waals surface area contributed by atoms with E-state index >= 15 is 0 Å². The van der Waals surface area contributed by atoms with Crippen LogP contribution in [-0.4, -0.2) is 11.9 Å². The number of carbonyl (C=O) groups is 2. The fraction of sp³-hybridized carbons (Fsp3) is 0.429. The van der Waals surface area contributed by atoms with Gasteiger partial charge in [0.1, 0.15) is 0 Å². The Morgan fingerprint density at radius 1 is 1.22 bits per heavy atom. The Kier molecular flexibility index (Phi) is 4.48. The summed E-state index contributed by atoms with van der Waals surface area (Å²) in [5.74, 6) is -1.08. The third kappa shape index (κ3) is 4.57. The van der Waals surface area contributed by atoms with E-state index in [9.17, 15) is 9.59 Å². The highest BCUT2D eigenvalue weighted by atomic mass is 16.5. The van der Waals surface area contributed by atoms with Crippen molar-refractivity contribution in [2.24, 2.45) is 11.1 Å². The van der Waals surface area contributed by atoms with Crippen molar-refractivity contribution >= 4 is 11.9 Å². The maximum Gasteiger partial charge on any atom is 0.307 e. The molecule has 0 saturated carbocycles. The summed E-state index contributed by atoms with van der Waals surface area (Å²) in [6.07, 6.45) is -0.773. The highest BCUT2D eigenvalue weighted by Gasteiger charge is 2.25. The number of rotatable bonds is 4. The predicted molar refractivity (Wildman–Crippen MR) is 68.5 cm³/mol. The average Bonchev–Trinajstić information content (AvgIpc) is 2.24. The van der Waals surface area contributed by atoms with Crippen molar-refractivity contribution in [3.8, 4) is 0 Å². The first kappa shape index (κ1) is 14.2. The Hall–Kier alpha value is -1.84. The van der Waals surface area contributed by atoms with E-state index in [4.69, 9.17) is 10.5 Å². The van der Waals surface area contributed by atoms with Crippen LogP contribution in [0.2, 0.25) is 0 Å². The molecular weight excluding hydrogens is 230 g/mol. The maximum absolute atomic E-state index is 11.7. The molecule has 1 aromatic rings. The average molecular weight is 249 g/mol. The standard InChI is InChI=1S/C14H19NO3/c1-14(2,3)9-11(16)18-12(13(15)17)10-7-5-4-6-8-10/h4-8,12H,9H2,1-3H3,(H2,15,17). The number of primary amides is 1. The Bertz CT molecular complexity index is 420. The Labute approximate surface area is 107 Å². The van der Waals surface area contributed by atoms with Crippen LogP contribution in [0.5, 0.6) is 0 Å². The summed E-state index contributed by atoms with van der Waals surface area (Å²) in [7, 11) is 0. The SMILES string of the molecule is CC(C)(C)CC(=O)OC(C(N)=O)c1ccccc1. The van der Waals surface area contributed by atoms with Gasteiger partial charge < -0.3 is 10.5 Å². The number of hydrogen-bond donors (Lipinski definition) is 1. The lowest BCUT2D eigenvalue weighted by Crippen LogP contribution is -2.27. The molecule has 0 fully saturated rings. The summed E-state index contributed by atoms with van der Waals surface area (Å²) in [4.78, 5) is 23.1. The van der Waals surface area contributed by atoms with Gasteiger partial charge in [-0.05, 0) is 5.41 Å². The largest absolute Gasteiger partial charge is 0.447 e. The van der Waals surface area contributed by atoms with E-state index in [0.717, 1.165) is 0 Å². The molecule has 1 aromatic carbocycles. The van der Waals surface area contributed by atoms with Crippen molar-refractivity contribution in [2.75, 3.05) is 0 Å². The predicted octanol–water partition coefficient (Wildman–Crippen LogP) is 2.19. The number of benzene rings is 1. The highest BCUT2D eigenvalue weighted by Crippen LogP contribution is 2.23. The number of carbonyl (C=O) groups excluding carboxylic acids is 2. The van der Waals surface area contributed by atoms with Crippen LogP contribution in [0.15, 0.2) is 30.3 Å². The first-order valence-electron chi connectivity index (χ1n) is 5.83. The molecule has 18 heavy (non-hydrogen) atoms. The van der Waals surface area contributed by atoms with Gasteiger partial charge >= 0.3 is 5.97 Å². The minimum Gasteiger partial charge on any atom is -0.447 e. The Balaban J connectivity index is 2.77. The highest BCUT2D eigenvalue weighted by molar-refractivity contribution is 5.83. The molecular formula is C14H19NO3. The number of nitrogens with two attached hydrogens (primary N) is 1. The van der Waals surface area contributed by atoms with Crippen LogP contribution in [-0.2, 0) is 14.3 Å². The van der Waals surface area contributed by atoms with Gasteiger partial charge in [0.15, 0.2) is 0 Å². The van der Waals surface area contributed by atoms with Crippen molar-refractivity contribution in [3.63, 3.8) is 0 Å². The number of hydrogen-bond acceptors (Lipinski definition) is 3. The van der Waals surface area contributed by atoms with E-state index in [0.29, 0.717) is 5.56 Å². The van der Waals surface area contributed by atoms with Crippen molar-refractivity contribution < 1.29 is 14.3 Å². The molecule has 0 bridgehead atoms. The fourth-order valence-electron chi connectivity index (χ4n) is 1.52. The van der Waals surface area contributed by atoms with Crippen molar-refractivity contribution in [1.82, 2.24) is 0 Å². The molecule has 2 N–H and O–H groups in total. The van der Waals surface area contributed by atoms with Crippen LogP contribution < -0.4 is 5.73 Å². The first-order valence-corrected chi connectivity index (χ1v) is 5.83. The molecule has 1 rings (SSSR count). The third-order valence-electron chi connectivity index (χ3n) is 2.28. The van der Waals surface area contributed by atoms with Gasteiger partial charge in [0.2, 0.25) is 6.10 Å². The molecule has 4 heteroatoms. The second kappa shape index (κ2) is 5.67. The van der Waals surface area contributed by atoms with Gasteiger partial charge in [-0.3, -0.25) is 9.59 Å². The molecule has 0 aliphatic heterocycles. The minimum absolute atomic E-state index is 0.185. The molecule has 0 aliphatic carbocycles. The third-order valence-corrected chi connectivity index (χ3v) is 2.28. The quantitative estimate of drug-likeness (QED) is 0.831. The molecule has 1 atom stereocenters. The molecule has 0 aromatic heterocycles. The summed E-state index contributed by atoms with van der Waals surface area (Å²) in [6, 6.07) is 8.77. The lowest BCUT2D eigenvalue weighted by atomic mass is 9.92. The van der Waals surface area contributed by atoms with Gasteiger partial charge in [-0.2, -0.15) is 0 Å². The Morgan fingerprint density at radius 2 is 1.78 bits per heavy atom. The molecule has 0 spiro atoms. The van der Waals surface area contributed by atoms with Gasteiger partial charge in [-0.15, -0.1) is 0 Å². The molecule has 98 valence electrons.